The molecule has 8 aliphatic heterocycles. The average molecular weight is 1850 g/mol. The summed E-state index contributed by atoms with van der Waals surface area (Å²) in [5, 5.41) is 12.1. The second-order valence-electron chi connectivity index (χ2n) is 29.6. The van der Waals surface area contributed by atoms with Gasteiger partial charge in [-0.2, -0.15) is 0 Å². The molecule has 0 spiro atoms. The first-order valence-electron chi connectivity index (χ1n) is 39.1. The molecule has 126 heavy (non-hydrogen) atoms. The van der Waals surface area contributed by atoms with Crippen LogP contribution in [0.4, 0.5) is 81.1 Å². The Hall–Kier alpha value is -11.4. The molecule has 4 amide bonds. The lowest BCUT2D eigenvalue weighted by Gasteiger charge is -2.51. The number of aromatic nitrogens is 14. The number of fused-ring (bicyclic) bond motifs is 12. The molecule has 4 aromatic carbocycles. The number of hydrogen-bond donors (Lipinski definition) is 0. The second-order valence-corrected chi connectivity index (χ2v) is 34.4. The summed E-state index contributed by atoms with van der Waals surface area (Å²) in [6, 6.07) is 12.7. The Balaban J connectivity index is 0.000000128. The Morgan fingerprint density at radius 2 is 0.683 bits per heavy atom. The van der Waals surface area contributed by atoms with Gasteiger partial charge in [0.15, 0.2) is 46.5 Å². The number of morpholine rings is 4. The summed E-state index contributed by atoms with van der Waals surface area (Å²) in [7, 11) is 14.1. The van der Waals surface area contributed by atoms with E-state index in [4.69, 9.17) is 38.1 Å². The van der Waals surface area contributed by atoms with Crippen LogP contribution in [0.2, 0.25) is 0 Å². The van der Waals surface area contributed by atoms with E-state index in [0.29, 0.717) is 162 Å². The van der Waals surface area contributed by atoms with Crippen LogP contribution >= 0.6 is 56.0 Å². The number of carbonyl (C=O) groups excluding carboxylic acids is 5. The number of ether oxygens (including phenoxy) is 4. The van der Waals surface area contributed by atoms with E-state index in [-0.39, 0.29) is 102 Å². The molecule has 15 heterocycles. The molecule has 658 valence electrons. The van der Waals surface area contributed by atoms with Crippen LogP contribution < -0.4 is 39.2 Å². The zero-order valence-corrected chi connectivity index (χ0v) is 72.9. The monoisotopic (exact) mass is 1850 g/mol. The number of carbonyl (C=O) groups is 5. The fraction of sp³-hybridized carbons (Fsp3) is 0.362. The molecule has 0 bridgehead atoms. The number of Topliss-reactive ketones (excluding diaryl/α,β-unsaturated/α-hetero) is 1. The van der Waals surface area contributed by atoms with Gasteiger partial charge in [0.05, 0.1) is 89.6 Å². The van der Waals surface area contributed by atoms with Crippen LogP contribution in [0.3, 0.4) is 0 Å². The average Bonchev–Trinajstić information content (AvgIpc) is 0.938. The van der Waals surface area contributed by atoms with E-state index < -0.39 is 83.7 Å². The first-order chi connectivity index (χ1) is 60.5. The number of hydrogen-bond acceptors (Lipinski definition) is 31. The minimum absolute atomic E-state index is 0.0629. The van der Waals surface area contributed by atoms with Gasteiger partial charge in [-0.3, -0.25) is 24.0 Å². The molecular weight excluding hydrogens is 1780 g/mol. The van der Waals surface area contributed by atoms with Crippen LogP contribution in [0, 0.1) is 46.5 Å². The van der Waals surface area contributed by atoms with Gasteiger partial charge in [-0.05, 0) is 109 Å². The third-order valence-corrected chi connectivity index (χ3v) is 25.3. The van der Waals surface area contributed by atoms with Crippen LogP contribution in [-0.2, 0) is 53.8 Å². The third-order valence-electron chi connectivity index (χ3n) is 23.1. The van der Waals surface area contributed by atoms with Crippen LogP contribution in [0.25, 0.3) is 65.9 Å². The van der Waals surface area contributed by atoms with Gasteiger partial charge >= 0.3 is 0 Å². The summed E-state index contributed by atoms with van der Waals surface area (Å²) in [5.74, 6) is -3.23. The lowest BCUT2D eigenvalue weighted by molar-refractivity contribution is -0.129. The van der Waals surface area contributed by atoms with Crippen LogP contribution in [-0.4, -0.2) is 232 Å². The van der Waals surface area contributed by atoms with E-state index in [2.05, 4.69) is 75.0 Å². The minimum Gasteiger partial charge on any atom is -0.377 e. The lowest BCUT2D eigenvalue weighted by Crippen LogP contribution is -2.68. The Bertz CT molecular complexity index is 5680. The van der Waals surface area contributed by atoms with Crippen molar-refractivity contribution in [2.75, 3.05) is 146 Å². The number of amides is 4. The van der Waals surface area contributed by atoms with Gasteiger partial charge in [-0.15, -0.1) is 15.3 Å². The summed E-state index contributed by atoms with van der Waals surface area (Å²) in [5.41, 5.74) is -0.155. The highest BCUT2D eigenvalue weighted by molar-refractivity contribution is 8.26. The van der Waals surface area contributed by atoms with Crippen molar-refractivity contribution in [1.29, 1.82) is 0 Å². The first-order valence-corrected chi connectivity index (χ1v) is 44.2. The van der Waals surface area contributed by atoms with Crippen LogP contribution in [0.5, 0.6) is 0 Å². The molecule has 7 aromatic heterocycles. The molecule has 32 nitrogen and oxygen atoms in total. The van der Waals surface area contributed by atoms with Crippen LogP contribution in [0.15, 0.2) is 97.6 Å². The number of benzene rings is 4. The van der Waals surface area contributed by atoms with Crippen molar-refractivity contribution in [2.45, 2.75) is 82.0 Å². The van der Waals surface area contributed by atoms with E-state index in [9.17, 15) is 59.1 Å². The second kappa shape index (κ2) is 36.5. The van der Waals surface area contributed by atoms with Gasteiger partial charge in [0.2, 0.25) is 9.23 Å². The van der Waals surface area contributed by atoms with Gasteiger partial charge in [0.25, 0.3) is 23.6 Å². The highest BCUT2D eigenvalue weighted by Crippen LogP contribution is 2.49. The number of ketones is 1. The normalized spacial score (nSPS) is 20.3. The lowest BCUT2D eigenvalue weighted by atomic mass is 9.89. The van der Waals surface area contributed by atoms with Crippen molar-refractivity contribution >= 4 is 141 Å². The maximum Gasteiger partial charge on any atom is 0.255 e. The molecule has 0 aliphatic carbocycles. The van der Waals surface area contributed by atoms with Crippen molar-refractivity contribution in [1.82, 2.24) is 68.6 Å². The zero-order chi connectivity index (χ0) is 89.6. The smallest absolute Gasteiger partial charge is 0.255 e. The Morgan fingerprint density at radius 3 is 0.960 bits per heavy atom. The number of nitrogens with zero attached hydrogens (tertiary/aromatic N) is 22. The largest absolute Gasteiger partial charge is 0.377 e. The molecule has 0 radical (unpaired) electrons. The maximum atomic E-state index is 14.4. The summed E-state index contributed by atoms with van der Waals surface area (Å²) >= 11 is 3.08. The van der Waals surface area contributed by atoms with Crippen molar-refractivity contribution < 1.29 is 82.3 Å². The standard InChI is InChI=1S/3C20H18F2N6O2S.C20H20F2N4O3.Cl2OS/c3*1-3-20-10-30-7-6-28(20)18-14(27(2)19(20)29)9-23-17(24-18)16-15(25-26-31-16)12-5-4-11(21)8-13(12)22;1-3-20-11-29-7-6-26(20)18-15(25(2)19(20)28)10-23-17(24-18)9-16(27)13-5-4-12(21)8-14(13)22;1-4(2)3/h3*4-5,8-9H,3,6-7,10H2,1-2H3;4-5,8,10H,3,6-7,9,11H2,1-2H3;/t2*20-;;;/m10.../s1. The number of anilines is 8. The first kappa shape index (κ1) is 89.5. The van der Waals surface area contributed by atoms with E-state index >= 15 is 0 Å². The fourth-order valence-corrected chi connectivity index (χ4v) is 18.2. The Labute approximate surface area is 736 Å². The van der Waals surface area contributed by atoms with Crippen molar-refractivity contribution in [3.63, 3.8) is 0 Å². The molecule has 4 saturated heterocycles. The quantitative estimate of drug-likeness (QED) is 0.0588. The highest BCUT2D eigenvalue weighted by atomic mass is 36.0. The molecule has 11 aromatic rings. The van der Waals surface area contributed by atoms with E-state index in [0.717, 1.165) is 64.9 Å². The minimum atomic E-state index is -1.67. The SMILES string of the molecule is CCC12COCCN1c1nc(-c3snnc3-c3ccc(F)cc3F)ncc1N(C)C2=O.CCC12COCCN1c1nc(CC(=O)c3ccc(F)cc3F)ncc1N(C)C2=O.CC[C@@]12COCCN1c1nc(-c3snnc3-c3ccc(F)cc3F)ncc1N(C)C2=O.CC[C@]12COCCN1c1nc(-c3snnc3-c3ccc(F)cc3F)ncc1N(C)C2=O.O=S(Cl)Cl. The third kappa shape index (κ3) is 16.2. The van der Waals surface area contributed by atoms with E-state index in [1.54, 1.807) is 61.5 Å². The molecule has 0 N–H and O–H groups in total. The van der Waals surface area contributed by atoms with Gasteiger partial charge in [0.1, 0.15) is 129 Å². The molecule has 19 rings (SSSR count). The zero-order valence-electron chi connectivity index (χ0n) is 68.1. The van der Waals surface area contributed by atoms with Crippen LogP contribution in [0.1, 0.15) is 69.6 Å². The summed E-state index contributed by atoms with van der Waals surface area (Å²) < 4.78 is 154. The Kier molecular flexibility index (Phi) is 25.9. The van der Waals surface area contributed by atoms with Gasteiger partial charge in [-0.1, -0.05) is 41.2 Å². The Morgan fingerprint density at radius 1 is 0.413 bits per heavy atom. The van der Waals surface area contributed by atoms with E-state index in [1.165, 1.54) is 47.5 Å². The predicted octanol–water partition coefficient (Wildman–Crippen LogP) is 11.9. The predicted molar refractivity (Wildman–Crippen MR) is 454 cm³/mol. The molecule has 8 aliphatic rings. The van der Waals surface area contributed by atoms with Gasteiger partial charge < -0.3 is 58.1 Å². The molecular formula is C80H74Cl2F8N22O10S4. The van der Waals surface area contributed by atoms with Gasteiger partial charge in [0, 0.05) is 117 Å². The topological polar surface area (TPSA) is 346 Å². The number of likely N-dealkylation sites (N-methyl/N-ethyl adjacent to an activating group) is 4. The highest BCUT2D eigenvalue weighted by Gasteiger charge is 2.56. The van der Waals surface area contributed by atoms with Crippen molar-refractivity contribution in [3.8, 4) is 65.9 Å². The number of halogens is 10. The van der Waals surface area contributed by atoms with Crippen molar-refractivity contribution in [3.05, 3.63) is 156 Å². The molecule has 0 saturated carbocycles. The van der Waals surface area contributed by atoms with E-state index in [1.807, 2.05) is 47.3 Å². The summed E-state index contributed by atoms with van der Waals surface area (Å²) in [6.07, 6.45) is 8.21. The molecule has 4 atom stereocenters. The molecule has 4 fully saturated rings. The molecule has 46 heteroatoms. The summed E-state index contributed by atoms with van der Waals surface area (Å²) in [4.78, 5) is 117. The molecule has 2 unspecified atom stereocenters. The summed E-state index contributed by atoms with van der Waals surface area (Å²) in [6.45, 7) is 12.8. The van der Waals surface area contributed by atoms with Crippen molar-refractivity contribution in [2.24, 2.45) is 0 Å². The fourth-order valence-electron chi connectivity index (χ4n) is 16.4. The maximum absolute atomic E-state index is 14.4. The number of rotatable bonds is 13. The van der Waals surface area contributed by atoms with Gasteiger partial charge in [-0.25, -0.2) is 79.2 Å².